The molecule has 12 heavy (non-hydrogen) atoms. The summed E-state index contributed by atoms with van der Waals surface area (Å²) in [6, 6.07) is 0. The van der Waals surface area contributed by atoms with Crippen molar-refractivity contribution < 1.29 is 14.6 Å². The van der Waals surface area contributed by atoms with E-state index in [1.807, 2.05) is 0 Å². The van der Waals surface area contributed by atoms with Gasteiger partial charge in [0.25, 0.3) is 0 Å². The first kappa shape index (κ1) is 11.8. The summed E-state index contributed by atoms with van der Waals surface area (Å²) in [5.41, 5.74) is 0. The maximum atomic E-state index is 8.87. The molecule has 1 atom stereocenters. The Morgan fingerprint density at radius 2 is 2.08 bits per heavy atom. The highest BCUT2D eigenvalue weighted by Gasteiger charge is 1.93. The highest BCUT2D eigenvalue weighted by Crippen LogP contribution is 1.76. The van der Waals surface area contributed by atoms with Crippen molar-refractivity contribution in [2.45, 2.75) is 13.0 Å². The van der Waals surface area contributed by atoms with Crippen LogP contribution in [-0.2, 0) is 9.47 Å². The number of rotatable bonds is 8. The highest BCUT2D eigenvalue weighted by molar-refractivity contribution is 4.51. The van der Waals surface area contributed by atoms with Crippen LogP contribution in [0.15, 0.2) is 0 Å². The van der Waals surface area contributed by atoms with Crippen molar-refractivity contribution in [2.24, 2.45) is 0 Å². The van der Waals surface area contributed by atoms with Gasteiger partial charge in [0, 0.05) is 20.2 Å². The summed E-state index contributed by atoms with van der Waals surface area (Å²) in [5, 5.41) is 11.9. The Labute approximate surface area is 73.9 Å². The molecule has 0 saturated heterocycles. The van der Waals surface area contributed by atoms with Gasteiger partial charge in [-0.1, -0.05) is 0 Å². The topological polar surface area (TPSA) is 50.7 Å². The lowest BCUT2D eigenvalue weighted by atomic mass is 10.4. The molecule has 0 aromatic carbocycles. The van der Waals surface area contributed by atoms with E-state index in [1.165, 1.54) is 0 Å². The van der Waals surface area contributed by atoms with Gasteiger partial charge in [-0.05, 0) is 6.92 Å². The predicted octanol–water partition coefficient (Wildman–Crippen LogP) is -0.380. The van der Waals surface area contributed by atoms with Gasteiger partial charge in [-0.15, -0.1) is 0 Å². The van der Waals surface area contributed by atoms with Crippen LogP contribution in [0.2, 0.25) is 0 Å². The van der Waals surface area contributed by atoms with E-state index in [0.29, 0.717) is 26.4 Å². The summed E-state index contributed by atoms with van der Waals surface area (Å²) < 4.78 is 9.99. The Balaban J connectivity index is 2.82. The van der Waals surface area contributed by atoms with Gasteiger partial charge in [-0.3, -0.25) is 0 Å². The van der Waals surface area contributed by atoms with Crippen LogP contribution in [0.25, 0.3) is 0 Å². The summed E-state index contributed by atoms with van der Waals surface area (Å²) in [7, 11) is 1.65. The van der Waals surface area contributed by atoms with Crippen molar-refractivity contribution >= 4 is 0 Å². The average Bonchev–Trinajstić information content (AvgIpc) is 2.02. The normalized spacial score (nSPS) is 13.2. The van der Waals surface area contributed by atoms with E-state index in [1.54, 1.807) is 14.0 Å². The molecule has 0 rings (SSSR count). The lowest BCUT2D eigenvalue weighted by molar-refractivity contribution is 0.0707. The molecule has 2 N–H and O–H groups in total. The Hall–Kier alpha value is -0.160. The molecular formula is C8H19NO3. The Kier molecular flexibility index (Phi) is 8.81. The van der Waals surface area contributed by atoms with Crippen LogP contribution >= 0.6 is 0 Å². The van der Waals surface area contributed by atoms with Gasteiger partial charge in [0.15, 0.2) is 0 Å². The Bertz CT molecular complexity index is 88.4. The van der Waals surface area contributed by atoms with Crippen molar-refractivity contribution in [2.75, 3.05) is 40.0 Å². The molecule has 0 radical (unpaired) electrons. The number of aliphatic hydroxyl groups excluding tert-OH is 1. The van der Waals surface area contributed by atoms with E-state index in [4.69, 9.17) is 14.6 Å². The first-order chi connectivity index (χ1) is 5.77. The van der Waals surface area contributed by atoms with Crippen molar-refractivity contribution in [1.82, 2.24) is 5.32 Å². The van der Waals surface area contributed by atoms with E-state index in [2.05, 4.69) is 5.32 Å². The number of methoxy groups -OCH3 is 1. The summed E-state index contributed by atoms with van der Waals surface area (Å²) in [5.74, 6) is 0. The molecule has 0 amide bonds. The van der Waals surface area contributed by atoms with Crippen LogP contribution in [0.1, 0.15) is 6.92 Å². The lowest BCUT2D eigenvalue weighted by Crippen LogP contribution is -2.27. The van der Waals surface area contributed by atoms with Crippen LogP contribution < -0.4 is 5.32 Å². The standard InChI is InChI=1S/C8H19NO3/c1-8(10)7-9-3-4-12-6-5-11-2/h8-10H,3-7H2,1-2H3/t8-/m0/s1. The SMILES string of the molecule is COCCOCCNC[C@H](C)O. The minimum Gasteiger partial charge on any atom is -0.392 e. The number of hydrogen-bond donors (Lipinski definition) is 2. The fourth-order valence-corrected chi connectivity index (χ4v) is 0.700. The molecule has 4 heteroatoms. The van der Waals surface area contributed by atoms with E-state index < -0.39 is 0 Å². The molecule has 0 aliphatic heterocycles. The first-order valence-corrected chi connectivity index (χ1v) is 4.23. The van der Waals surface area contributed by atoms with E-state index in [0.717, 1.165) is 6.54 Å². The van der Waals surface area contributed by atoms with Crippen molar-refractivity contribution in [3.8, 4) is 0 Å². The van der Waals surface area contributed by atoms with Crippen molar-refractivity contribution in [1.29, 1.82) is 0 Å². The fourth-order valence-electron chi connectivity index (χ4n) is 0.700. The van der Waals surface area contributed by atoms with E-state index in [9.17, 15) is 0 Å². The van der Waals surface area contributed by atoms with Gasteiger partial charge < -0.3 is 19.9 Å². The maximum Gasteiger partial charge on any atom is 0.0700 e. The number of ether oxygens (including phenoxy) is 2. The van der Waals surface area contributed by atoms with Gasteiger partial charge in [0.2, 0.25) is 0 Å². The van der Waals surface area contributed by atoms with Gasteiger partial charge in [-0.25, -0.2) is 0 Å². The number of nitrogens with one attached hydrogen (secondary N) is 1. The molecule has 0 aliphatic carbocycles. The zero-order valence-corrected chi connectivity index (χ0v) is 7.88. The van der Waals surface area contributed by atoms with E-state index >= 15 is 0 Å². The van der Waals surface area contributed by atoms with Gasteiger partial charge >= 0.3 is 0 Å². The molecule has 0 heterocycles. The second-order valence-corrected chi connectivity index (χ2v) is 2.66. The monoisotopic (exact) mass is 177 g/mol. The van der Waals surface area contributed by atoms with Gasteiger partial charge in [-0.2, -0.15) is 0 Å². The molecule has 0 bridgehead atoms. The summed E-state index contributed by atoms with van der Waals surface area (Å²) in [6.07, 6.45) is -0.288. The quantitative estimate of drug-likeness (QED) is 0.496. The average molecular weight is 177 g/mol. The first-order valence-electron chi connectivity index (χ1n) is 4.23. The van der Waals surface area contributed by atoms with Gasteiger partial charge in [0.05, 0.1) is 25.9 Å². The molecule has 74 valence electrons. The molecule has 0 aromatic heterocycles. The molecule has 4 nitrogen and oxygen atoms in total. The van der Waals surface area contributed by atoms with Crippen molar-refractivity contribution in [3.05, 3.63) is 0 Å². The molecule has 0 fully saturated rings. The van der Waals surface area contributed by atoms with Crippen LogP contribution in [-0.4, -0.2) is 51.2 Å². The third kappa shape index (κ3) is 9.84. The van der Waals surface area contributed by atoms with Crippen LogP contribution in [0, 0.1) is 0 Å². The number of hydrogen-bond acceptors (Lipinski definition) is 4. The molecule has 0 saturated carbocycles. The maximum absolute atomic E-state index is 8.87. The highest BCUT2D eigenvalue weighted by atomic mass is 16.5. The van der Waals surface area contributed by atoms with Crippen LogP contribution in [0.5, 0.6) is 0 Å². The molecule has 0 aliphatic rings. The molecule has 0 unspecified atom stereocenters. The second kappa shape index (κ2) is 8.93. The smallest absolute Gasteiger partial charge is 0.0700 e. The molecular weight excluding hydrogens is 158 g/mol. The van der Waals surface area contributed by atoms with Crippen molar-refractivity contribution in [3.63, 3.8) is 0 Å². The Morgan fingerprint density at radius 1 is 1.33 bits per heavy atom. The summed E-state index contributed by atoms with van der Waals surface area (Å²) in [6.45, 7) is 5.07. The zero-order valence-electron chi connectivity index (χ0n) is 7.88. The zero-order chi connectivity index (χ0) is 9.23. The van der Waals surface area contributed by atoms with Crippen LogP contribution in [0.3, 0.4) is 0 Å². The molecule has 0 aromatic rings. The van der Waals surface area contributed by atoms with Gasteiger partial charge in [0.1, 0.15) is 0 Å². The predicted molar refractivity (Wildman–Crippen MR) is 47.2 cm³/mol. The fraction of sp³-hybridized carbons (Fsp3) is 1.00. The lowest BCUT2D eigenvalue weighted by Gasteiger charge is -2.06. The minimum absolute atomic E-state index is 0.288. The number of aliphatic hydroxyl groups is 1. The summed E-state index contributed by atoms with van der Waals surface area (Å²) in [4.78, 5) is 0. The third-order valence-corrected chi connectivity index (χ3v) is 1.29. The van der Waals surface area contributed by atoms with Crippen LogP contribution in [0.4, 0.5) is 0 Å². The second-order valence-electron chi connectivity index (χ2n) is 2.66. The Morgan fingerprint density at radius 3 is 2.67 bits per heavy atom. The largest absolute Gasteiger partial charge is 0.392 e. The van der Waals surface area contributed by atoms with E-state index in [-0.39, 0.29) is 6.10 Å². The molecule has 0 spiro atoms. The summed E-state index contributed by atoms with van der Waals surface area (Å²) >= 11 is 0. The minimum atomic E-state index is -0.288. The third-order valence-electron chi connectivity index (χ3n) is 1.29.